The number of nitrogens with one attached hydrogen (secondary N) is 1. The van der Waals surface area contributed by atoms with Gasteiger partial charge in [-0.3, -0.25) is 0 Å². The molecule has 1 aliphatic carbocycles. The van der Waals surface area contributed by atoms with Crippen molar-refractivity contribution in [3.63, 3.8) is 0 Å². The minimum absolute atomic E-state index is 0.0886. The molecular formula is C16H25NO2S. The van der Waals surface area contributed by atoms with Crippen molar-refractivity contribution in [2.24, 2.45) is 0 Å². The molecular weight excluding hydrogens is 270 g/mol. The molecule has 20 heavy (non-hydrogen) atoms. The molecule has 1 fully saturated rings. The third-order valence-corrected chi connectivity index (χ3v) is 5.01. The first-order valence-electron chi connectivity index (χ1n) is 7.45. The summed E-state index contributed by atoms with van der Waals surface area (Å²) in [4.78, 5) is 0. The minimum atomic E-state index is -3.00. The first-order chi connectivity index (χ1) is 9.46. The molecule has 3 nitrogen and oxygen atoms in total. The molecule has 1 saturated carbocycles. The Morgan fingerprint density at radius 2 is 1.85 bits per heavy atom. The first-order valence-corrected chi connectivity index (χ1v) is 9.51. The van der Waals surface area contributed by atoms with Gasteiger partial charge in [0.2, 0.25) is 0 Å². The SMILES string of the molecule is Cc1ccccc1C(CS(C)(=O)=O)NC1CCCCC1. The predicted octanol–water partition coefficient (Wildman–Crippen LogP) is 3.00. The summed E-state index contributed by atoms with van der Waals surface area (Å²) in [5, 5.41) is 3.59. The maximum atomic E-state index is 11.7. The molecule has 0 amide bonds. The second-order valence-corrected chi connectivity index (χ2v) is 8.19. The summed E-state index contributed by atoms with van der Waals surface area (Å²) in [6.07, 6.45) is 7.44. The van der Waals surface area contributed by atoms with Crippen LogP contribution >= 0.6 is 0 Å². The van der Waals surface area contributed by atoms with Gasteiger partial charge in [-0.05, 0) is 30.9 Å². The number of sulfone groups is 1. The molecule has 0 bridgehead atoms. The summed E-state index contributed by atoms with van der Waals surface area (Å²) in [7, 11) is -3.00. The van der Waals surface area contributed by atoms with E-state index in [-0.39, 0.29) is 11.8 Å². The Morgan fingerprint density at radius 1 is 1.20 bits per heavy atom. The second kappa shape index (κ2) is 6.72. The Balaban J connectivity index is 2.18. The van der Waals surface area contributed by atoms with Gasteiger partial charge in [0.15, 0.2) is 0 Å². The van der Waals surface area contributed by atoms with Gasteiger partial charge in [-0.15, -0.1) is 0 Å². The molecule has 0 aromatic heterocycles. The summed E-state index contributed by atoms with van der Waals surface area (Å²) in [5.41, 5.74) is 2.27. The van der Waals surface area contributed by atoms with E-state index in [2.05, 4.69) is 5.32 Å². The van der Waals surface area contributed by atoms with Crippen LogP contribution in [0.5, 0.6) is 0 Å². The van der Waals surface area contributed by atoms with Crippen LogP contribution in [0.4, 0.5) is 0 Å². The van der Waals surface area contributed by atoms with Crippen molar-refractivity contribution >= 4 is 9.84 Å². The minimum Gasteiger partial charge on any atom is -0.306 e. The van der Waals surface area contributed by atoms with Crippen molar-refractivity contribution in [2.45, 2.75) is 51.1 Å². The zero-order chi connectivity index (χ0) is 14.6. The summed E-state index contributed by atoms with van der Waals surface area (Å²) in [5.74, 6) is 0.175. The fourth-order valence-electron chi connectivity index (χ4n) is 3.06. The highest BCUT2D eigenvalue weighted by Crippen LogP contribution is 2.24. The molecule has 1 N–H and O–H groups in total. The largest absolute Gasteiger partial charge is 0.306 e. The Labute approximate surface area is 122 Å². The molecule has 1 unspecified atom stereocenters. The lowest BCUT2D eigenvalue weighted by atomic mass is 9.93. The van der Waals surface area contributed by atoms with Crippen molar-refractivity contribution in [3.8, 4) is 0 Å². The highest BCUT2D eigenvalue weighted by molar-refractivity contribution is 7.90. The second-order valence-electron chi connectivity index (χ2n) is 6.00. The highest BCUT2D eigenvalue weighted by Gasteiger charge is 2.23. The molecule has 0 aliphatic heterocycles. The van der Waals surface area contributed by atoms with Gasteiger partial charge >= 0.3 is 0 Å². The Morgan fingerprint density at radius 3 is 2.45 bits per heavy atom. The van der Waals surface area contributed by atoms with Crippen molar-refractivity contribution in [1.29, 1.82) is 0 Å². The summed E-state index contributed by atoms with van der Waals surface area (Å²) >= 11 is 0. The number of rotatable bonds is 5. The first kappa shape index (κ1) is 15.5. The Hall–Kier alpha value is -0.870. The van der Waals surface area contributed by atoms with E-state index in [1.807, 2.05) is 31.2 Å². The van der Waals surface area contributed by atoms with E-state index in [0.717, 1.165) is 24.0 Å². The van der Waals surface area contributed by atoms with Crippen molar-refractivity contribution < 1.29 is 8.42 Å². The maximum Gasteiger partial charge on any atom is 0.149 e. The Kier molecular flexibility index (Phi) is 5.22. The van der Waals surface area contributed by atoms with E-state index in [1.165, 1.54) is 25.5 Å². The molecule has 1 aromatic rings. The molecule has 0 saturated heterocycles. The van der Waals surface area contributed by atoms with Crippen LogP contribution < -0.4 is 5.32 Å². The Bertz CT molecular complexity index is 533. The highest BCUT2D eigenvalue weighted by atomic mass is 32.2. The maximum absolute atomic E-state index is 11.7. The molecule has 1 aromatic carbocycles. The van der Waals surface area contributed by atoms with Crippen LogP contribution in [0, 0.1) is 6.92 Å². The third kappa shape index (κ3) is 4.60. The molecule has 1 atom stereocenters. The van der Waals surface area contributed by atoms with Crippen LogP contribution in [0.15, 0.2) is 24.3 Å². The van der Waals surface area contributed by atoms with Gasteiger partial charge in [-0.2, -0.15) is 0 Å². The molecule has 1 aliphatic rings. The normalized spacial score (nSPS) is 18.9. The van der Waals surface area contributed by atoms with Crippen molar-refractivity contribution in [1.82, 2.24) is 5.32 Å². The lowest BCUT2D eigenvalue weighted by Crippen LogP contribution is -2.37. The number of benzene rings is 1. The van der Waals surface area contributed by atoms with Gasteiger partial charge in [-0.25, -0.2) is 8.42 Å². The molecule has 4 heteroatoms. The molecule has 112 valence electrons. The van der Waals surface area contributed by atoms with E-state index in [1.54, 1.807) is 0 Å². The molecule has 2 rings (SSSR count). The van der Waals surface area contributed by atoms with Crippen LogP contribution in [0.3, 0.4) is 0 Å². The number of hydrogen-bond acceptors (Lipinski definition) is 3. The average Bonchev–Trinajstić information content (AvgIpc) is 2.38. The average molecular weight is 295 g/mol. The standard InChI is InChI=1S/C16H25NO2S/c1-13-8-6-7-11-15(13)16(12-20(2,18)19)17-14-9-4-3-5-10-14/h6-8,11,14,16-17H,3-5,9-10,12H2,1-2H3. The third-order valence-electron chi connectivity index (χ3n) is 4.08. The summed E-state index contributed by atoms with van der Waals surface area (Å²) in [6, 6.07) is 8.44. The van der Waals surface area contributed by atoms with Crippen LogP contribution in [-0.2, 0) is 9.84 Å². The predicted molar refractivity (Wildman–Crippen MR) is 83.6 cm³/mol. The fraction of sp³-hybridized carbons (Fsp3) is 0.625. The smallest absolute Gasteiger partial charge is 0.149 e. The van der Waals surface area contributed by atoms with E-state index in [0.29, 0.717) is 6.04 Å². The van der Waals surface area contributed by atoms with Gasteiger partial charge in [0, 0.05) is 18.3 Å². The lowest BCUT2D eigenvalue weighted by molar-refractivity contribution is 0.347. The van der Waals surface area contributed by atoms with Crippen LogP contribution in [0.25, 0.3) is 0 Å². The lowest BCUT2D eigenvalue weighted by Gasteiger charge is -2.29. The summed E-state index contributed by atoms with van der Waals surface area (Å²) in [6.45, 7) is 2.05. The number of aryl methyl sites for hydroxylation is 1. The monoisotopic (exact) mass is 295 g/mol. The molecule has 0 spiro atoms. The van der Waals surface area contributed by atoms with Gasteiger partial charge in [0.1, 0.15) is 9.84 Å². The van der Waals surface area contributed by atoms with E-state index < -0.39 is 9.84 Å². The molecule has 0 heterocycles. The van der Waals surface area contributed by atoms with Gasteiger partial charge in [-0.1, -0.05) is 43.5 Å². The van der Waals surface area contributed by atoms with Crippen molar-refractivity contribution in [2.75, 3.05) is 12.0 Å². The fourth-order valence-corrected chi connectivity index (χ4v) is 3.94. The van der Waals surface area contributed by atoms with Crippen LogP contribution in [0.2, 0.25) is 0 Å². The van der Waals surface area contributed by atoms with Gasteiger partial charge < -0.3 is 5.32 Å². The number of hydrogen-bond donors (Lipinski definition) is 1. The quantitative estimate of drug-likeness (QED) is 0.908. The van der Waals surface area contributed by atoms with Gasteiger partial charge in [0.05, 0.1) is 5.75 Å². The zero-order valence-electron chi connectivity index (χ0n) is 12.4. The van der Waals surface area contributed by atoms with E-state index in [4.69, 9.17) is 0 Å². The van der Waals surface area contributed by atoms with Crippen molar-refractivity contribution in [3.05, 3.63) is 35.4 Å². The van der Waals surface area contributed by atoms with Crippen LogP contribution in [0.1, 0.15) is 49.3 Å². The van der Waals surface area contributed by atoms with Crippen LogP contribution in [-0.4, -0.2) is 26.5 Å². The topological polar surface area (TPSA) is 46.2 Å². The van der Waals surface area contributed by atoms with E-state index >= 15 is 0 Å². The van der Waals surface area contributed by atoms with Gasteiger partial charge in [0.25, 0.3) is 0 Å². The summed E-state index contributed by atoms with van der Waals surface area (Å²) < 4.78 is 23.5. The zero-order valence-corrected chi connectivity index (χ0v) is 13.2. The van der Waals surface area contributed by atoms with E-state index in [9.17, 15) is 8.42 Å². The molecule has 0 radical (unpaired) electrons.